The third-order valence-corrected chi connectivity index (χ3v) is 5.34. The van der Waals surface area contributed by atoms with Crippen LogP contribution in [0.1, 0.15) is 30.3 Å². The summed E-state index contributed by atoms with van der Waals surface area (Å²) in [5.41, 5.74) is 1.05. The SMILES string of the molecule is CCC(CCO)NS(=O)(=O)c1scnc1C(=O)OC. The number of nitrogens with one attached hydrogen (secondary N) is 1. The molecule has 1 heterocycles. The van der Waals surface area contributed by atoms with Gasteiger partial charge in [-0.15, -0.1) is 11.3 Å². The quantitative estimate of drug-likeness (QED) is 0.705. The van der Waals surface area contributed by atoms with Gasteiger partial charge >= 0.3 is 5.97 Å². The summed E-state index contributed by atoms with van der Waals surface area (Å²) in [7, 11) is -2.68. The van der Waals surface area contributed by atoms with Crippen molar-refractivity contribution in [2.75, 3.05) is 13.7 Å². The van der Waals surface area contributed by atoms with Crippen molar-refractivity contribution in [2.45, 2.75) is 30.0 Å². The molecule has 1 unspecified atom stereocenters. The molecule has 0 aliphatic heterocycles. The van der Waals surface area contributed by atoms with Gasteiger partial charge in [-0.3, -0.25) is 0 Å². The number of nitrogens with zero attached hydrogens (tertiary/aromatic N) is 1. The molecule has 19 heavy (non-hydrogen) atoms. The van der Waals surface area contributed by atoms with Crippen LogP contribution in [-0.4, -0.2) is 44.2 Å². The molecule has 0 aromatic carbocycles. The highest BCUT2D eigenvalue weighted by Gasteiger charge is 2.28. The fourth-order valence-corrected chi connectivity index (χ4v) is 3.94. The standard InChI is InChI=1S/C10H16N2O5S2/c1-3-7(4-5-13)12-19(15,16)10-8(9(14)17-2)11-6-18-10/h6-7,12-13H,3-5H2,1-2H3. The highest BCUT2D eigenvalue weighted by atomic mass is 32.2. The Bertz CT molecular complexity index is 526. The normalized spacial score (nSPS) is 13.2. The monoisotopic (exact) mass is 308 g/mol. The summed E-state index contributed by atoms with van der Waals surface area (Å²) in [5, 5.41) is 8.86. The topological polar surface area (TPSA) is 106 Å². The maximum atomic E-state index is 12.1. The molecule has 0 aliphatic carbocycles. The Labute approximate surface area is 115 Å². The zero-order valence-corrected chi connectivity index (χ0v) is 12.3. The van der Waals surface area contributed by atoms with Gasteiger partial charge in [0.1, 0.15) is 0 Å². The van der Waals surface area contributed by atoms with Crippen molar-refractivity contribution in [2.24, 2.45) is 0 Å². The fraction of sp³-hybridized carbons (Fsp3) is 0.600. The van der Waals surface area contributed by atoms with Crippen LogP contribution in [0.25, 0.3) is 0 Å². The van der Waals surface area contributed by atoms with Crippen LogP contribution in [-0.2, 0) is 14.8 Å². The molecule has 1 rings (SSSR count). The lowest BCUT2D eigenvalue weighted by atomic mass is 10.2. The predicted octanol–water partition coefficient (Wildman–Crippen LogP) is 0.369. The van der Waals surface area contributed by atoms with Crippen LogP contribution >= 0.6 is 11.3 Å². The third-order valence-electron chi connectivity index (χ3n) is 2.45. The third kappa shape index (κ3) is 3.96. The lowest BCUT2D eigenvalue weighted by Crippen LogP contribution is -2.35. The first-order chi connectivity index (χ1) is 8.96. The number of ether oxygens (including phenoxy) is 1. The molecule has 0 fully saturated rings. The Balaban J connectivity index is 3.00. The number of aromatic nitrogens is 1. The van der Waals surface area contributed by atoms with Crippen LogP contribution in [0.3, 0.4) is 0 Å². The molecule has 2 N–H and O–H groups in total. The van der Waals surface area contributed by atoms with E-state index in [1.54, 1.807) is 6.92 Å². The van der Waals surface area contributed by atoms with Gasteiger partial charge in [0.2, 0.25) is 0 Å². The first-order valence-electron chi connectivity index (χ1n) is 5.61. The molecule has 0 saturated heterocycles. The van der Waals surface area contributed by atoms with E-state index >= 15 is 0 Å². The molecule has 0 spiro atoms. The lowest BCUT2D eigenvalue weighted by Gasteiger charge is -2.15. The number of aliphatic hydroxyl groups is 1. The van der Waals surface area contributed by atoms with E-state index in [4.69, 9.17) is 5.11 Å². The Hall–Kier alpha value is -1.03. The number of sulfonamides is 1. The molecule has 7 nitrogen and oxygen atoms in total. The number of hydrogen-bond acceptors (Lipinski definition) is 7. The average Bonchev–Trinajstić information content (AvgIpc) is 2.87. The molecule has 0 saturated carbocycles. The van der Waals surface area contributed by atoms with E-state index < -0.39 is 16.0 Å². The number of hydrogen-bond donors (Lipinski definition) is 2. The number of carbonyl (C=O) groups excluding carboxylic acids is 1. The van der Waals surface area contributed by atoms with Crippen LogP contribution in [0.5, 0.6) is 0 Å². The zero-order chi connectivity index (χ0) is 14.5. The van der Waals surface area contributed by atoms with Gasteiger partial charge in [0.05, 0.1) is 12.6 Å². The number of esters is 1. The molecule has 0 bridgehead atoms. The van der Waals surface area contributed by atoms with E-state index in [9.17, 15) is 13.2 Å². The van der Waals surface area contributed by atoms with Crippen LogP contribution in [0.4, 0.5) is 0 Å². The van der Waals surface area contributed by atoms with E-state index in [0.717, 1.165) is 18.4 Å². The van der Waals surface area contributed by atoms with Crippen molar-refractivity contribution in [3.8, 4) is 0 Å². The first-order valence-corrected chi connectivity index (χ1v) is 7.97. The summed E-state index contributed by atoms with van der Waals surface area (Å²) in [6.45, 7) is 1.68. The van der Waals surface area contributed by atoms with Crippen molar-refractivity contribution in [1.82, 2.24) is 9.71 Å². The van der Waals surface area contributed by atoms with Gasteiger partial charge in [-0.2, -0.15) is 0 Å². The van der Waals surface area contributed by atoms with Crippen molar-refractivity contribution >= 4 is 27.3 Å². The molecule has 9 heteroatoms. The van der Waals surface area contributed by atoms with Crippen molar-refractivity contribution in [3.63, 3.8) is 0 Å². The highest BCUT2D eigenvalue weighted by Crippen LogP contribution is 2.21. The van der Waals surface area contributed by atoms with E-state index in [1.807, 2.05) is 0 Å². The summed E-state index contributed by atoms with van der Waals surface area (Å²) in [5.74, 6) is -0.795. The van der Waals surface area contributed by atoms with E-state index in [-0.39, 0.29) is 22.6 Å². The molecule has 0 amide bonds. The molecular weight excluding hydrogens is 292 g/mol. The Kier molecular flexibility index (Phi) is 5.85. The summed E-state index contributed by atoms with van der Waals surface area (Å²) in [6.07, 6.45) is 0.842. The minimum Gasteiger partial charge on any atom is -0.464 e. The van der Waals surface area contributed by atoms with E-state index in [2.05, 4.69) is 14.4 Å². The van der Waals surface area contributed by atoms with Crippen molar-refractivity contribution in [1.29, 1.82) is 0 Å². The van der Waals surface area contributed by atoms with Crippen LogP contribution in [0.15, 0.2) is 9.72 Å². The second-order valence-corrected chi connectivity index (χ2v) is 6.48. The minimum absolute atomic E-state index is 0.117. The highest BCUT2D eigenvalue weighted by molar-refractivity contribution is 7.91. The molecular formula is C10H16N2O5S2. The summed E-state index contributed by atoms with van der Waals surface area (Å²) < 4.78 is 31.0. The molecule has 1 aromatic rings. The first kappa shape index (κ1) is 16.0. The molecule has 1 aromatic heterocycles. The maximum Gasteiger partial charge on any atom is 0.358 e. The van der Waals surface area contributed by atoms with Gasteiger partial charge in [0, 0.05) is 12.6 Å². The number of rotatable bonds is 7. The second-order valence-electron chi connectivity index (χ2n) is 3.72. The van der Waals surface area contributed by atoms with Gasteiger partial charge in [-0.05, 0) is 12.8 Å². The Morgan fingerprint density at radius 2 is 2.32 bits per heavy atom. The van der Waals surface area contributed by atoms with Crippen molar-refractivity contribution < 1.29 is 23.1 Å². The smallest absolute Gasteiger partial charge is 0.358 e. The second kappa shape index (κ2) is 6.94. The van der Waals surface area contributed by atoms with Gasteiger partial charge in [0.25, 0.3) is 10.0 Å². The minimum atomic E-state index is -3.84. The molecule has 0 aliphatic rings. The lowest BCUT2D eigenvalue weighted by molar-refractivity contribution is 0.0590. The van der Waals surface area contributed by atoms with E-state index in [1.165, 1.54) is 5.51 Å². The predicted molar refractivity (Wildman–Crippen MR) is 69.6 cm³/mol. The Morgan fingerprint density at radius 1 is 1.63 bits per heavy atom. The number of aliphatic hydroxyl groups excluding tert-OH is 1. The van der Waals surface area contributed by atoms with E-state index in [0.29, 0.717) is 12.8 Å². The largest absolute Gasteiger partial charge is 0.464 e. The van der Waals surface area contributed by atoms with Crippen molar-refractivity contribution in [3.05, 3.63) is 11.2 Å². The van der Waals surface area contributed by atoms with Crippen LogP contribution in [0, 0.1) is 0 Å². The van der Waals surface area contributed by atoms with Gasteiger partial charge in [-0.1, -0.05) is 6.92 Å². The van der Waals surface area contributed by atoms with Crippen LogP contribution in [0.2, 0.25) is 0 Å². The summed E-state index contributed by atoms with van der Waals surface area (Å²) >= 11 is 0.846. The average molecular weight is 308 g/mol. The molecule has 0 radical (unpaired) electrons. The molecule has 108 valence electrons. The Morgan fingerprint density at radius 3 is 2.84 bits per heavy atom. The maximum absolute atomic E-state index is 12.1. The van der Waals surface area contributed by atoms with Crippen LogP contribution < -0.4 is 4.72 Å². The summed E-state index contributed by atoms with van der Waals surface area (Å²) in [4.78, 5) is 15.1. The fourth-order valence-electron chi connectivity index (χ4n) is 1.43. The number of methoxy groups -OCH3 is 1. The number of thiazole rings is 1. The molecule has 1 atom stereocenters. The number of carbonyl (C=O) groups is 1. The zero-order valence-electron chi connectivity index (χ0n) is 10.6. The van der Waals surface area contributed by atoms with Gasteiger partial charge in [-0.25, -0.2) is 22.9 Å². The van der Waals surface area contributed by atoms with Gasteiger partial charge < -0.3 is 9.84 Å². The van der Waals surface area contributed by atoms with Gasteiger partial charge in [0.15, 0.2) is 9.90 Å². The summed E-state index contributed by atoms with van der Waals surface area (Å²) in [6, 6.07) is -0.386.